The van der Waals surface area contributed by atoms with Crippen molar-refractivity contribution in [2.24, 2.45) is 5.10 Å². The molecule has 0 aromatic heterocycles. The molecule has 112 valence electrons. The van der Waals surface area contributed by atoms with E-state index in [0.717, 1.165) is 0 Å². The summed E-state index contributed by atoms with van der Waals surface area (Å²) in [7, 11) is 0. The topological polar surface area (TPSA) is 78.8 Å². The Balaban J connectivity index is 2.09. The molecule has 1 amide bonds. The summed E-state index contributed by atoms with van der Waals surface area (Å²) in [5, 5.41) is 14.0. The highest BCUT2D eigenvalue weighted by Gasteiger charge is 2.05. The highest BCUT2D eigenvalue weighted by Crippen LogP contribution is 2.17. The SMILES string of the molecule is CC(=O)c1ccc(O)c(C=NNC(=O)c2ccc(Cl)cc2)c1. The number of hydrogen-bond acceptors (Lipinski definition) is 4. The number of nitrogens with one attached hydrogen (secondary N) is 1. The molecule has 0 bridgehead atoms. The Bertz CT molecular complexity index is 740. The van der Waals surface area contributed by atoms with Gasteiger partial charge in [0.15, 0.2) is 5.78 Å². The molecule has 2 N–H and O–H groups in total. The fraction of sp³-hybridized carbons (Fsp3) is 0.0625. The quantitative estimate of drug-likeness (QED) is 0.517. The fourth-order valence-electron chi connectivity index (χ4n) is 1.70. The molecule has 0 spiro atoms. The van der Waals surface area contributed by atoms with Gasteiger partial charge in [-0.25, -0.2) is 5.43 Å². The predicted molar refractivity (Wildman–Crippen MR) is 84.6 cm³/mol. The van der Waals surface area contributed by atoms with Gasteiger partial charge in [-0.15, -0.1) is 0 Å². The third-order valence-electron chi connectivity index (χ3n) is 2.91. The van der Waals surface area contributed by atoms with Crippen molar-refractivity contribution in [2.75, 3.05) is 0 Å². The van der Waals surface area contributed by atoms with E-state index in [4.69, 9.17) is 11.6 Å². The first-order valence-corrected chi connectivity index (χ1v) is 6.78. The number of phenols is 1. The maximum Gasteiger partial charge on any atom is 0.271 e. The summed E-state index contributed by atoms with van der Waals surface area (Å²) >= 11 is 5.74. The Morgan fingerprint density at radius 3 is 2.41 bits per heavy atom. The minimum Gasteiger partial charge on any atom is -0.507 e. The Morgan fingerprint density at radius 2 is 1.77 bits per heavy atom. The highest BCUT2D eigenvalue weighted by atomic mass is 35.5. The molecule has 2 aromatic rings. The van der Waals surface area contributed by atoms with Crippen LogP contribution in [0.1, 0.15) is 33.2 Å². The Morgan fingerprint density at radius 1 is 1.14 bits per heavy atom. The van der Waals surface area contributed by atoms with E-state index >= 15 is 0 Å². The molecule has 0 saturated carbocycles. The summed E-state index contributed by atoms with van der Waals surface area (Å²) in [5.41, 5.74) is 3.52. The number of halogens is 1. The van der Waals surface area contributed by atoms with Gasteiger partial charge in [0.2, 0.25) is 0 Å². The number of nitrogens with zero attached hydrogens (tertiary/aromatic N) is 1. The molecule has 0 aliphatic rings. The van der Waals surface area contributed by atoms with Crippen LogP contribution < -0.4 is 5.43 Å². The van der Waals surface area contributed by atoms with Crippen LogP contribution in [0, 0.1) is 0 Å². The Labute approximate surface area is 132 Å². The standard InChI is InChI=1S/C16H13ClN2O3/c1-10(20)12-4-7-15(21)13(8-12)9-18-19-16(22)11-2-5-14(17)6-3-11/h2-9,21H,1H3,(H,19,22). The largest absolute Gasteiger partial charge is 0.507 e. The second kappa shape index (κ2) is 6.87. The van der Waals surface area contributed by atoms with Gasteiger partial charge in [-0.2, -0.15) is 5.10 Å². The molecule has 0 radical (unpaired) electrons. The zero-order valence-electron chi connectivity index (χ0n) is 11.7. The molecular weight excluding hydrogens is 304 g/mol. The van der Waals surface area contributed by atoms with E-state index in [9.17, 15) is 14.7 Å². The third kappa shape index (κ3) is 3.93. The van der Waals surface area contributed by atoms with Crippen molar-refractivity contribution in [2.45, 2.75) is 6.92 Å². The van der Waals surface area contributed by atoms with Crippen molar-refractivity contribution in [3.63, 3.8) is 0 Å². The van der Waals surface area contributed by atoms with Crippen LogP contribution in [0.4, 0.5) is 0 Å². The fourth-order valence-corrected chi connectivity index (χ4v) is 1.83. The van der Waals surface area contributed by atoms with Crippen LogP contribution >= 0.6 is 11.6 Å². The molecule has 22 heavy (non-hydrogen) atoms. The van der Waals surface area contributed by atoms with Gasteiger partial charge < -0.3 is 5.11 Å². The zero-order chi connectivity index (χ0) is 16.1. The summed E-state index contributed by atoms with van der Waals surface area (Å²) in [6, 6.07) is 10.8. The Hall–Kier alpha value is -2.66. The highest BCUT2D eigenvalue weighted by molar-refractivity contribution is 6.30. The van der Waals surface area contributed by atoms with Gasteiger partial charge >= 0.3 is 0 Å². The van der Waals surface area contributed by atoms with Gasteiger partial charge in [0, 0.05) is 21.7 Å². The van der Waals surface area contributed by atoms with Gasteiger partial charge in [-0.05, 0) is 49.4 Å². The van der Waals surface area contributed by atoms with Gasteiger partial charge in [-0.1, -0.05) is 11.6 Å². The van der Waals surface area contributed by atoms with Crippen molar-refractivity contribution in [1.82, 2.24) is 5.43 Å². The number of carbonyl (C=O) groups excluding carboxylic acids is 2. The normalized spacial score (nSPS) is 10.6. The van der Waals surface area contributed by atoms with Crippen molar-refractivity contribution >= 4 is 29.5 Å². The number of phenolic OH excluding ortho intramolecular Hbond substituents is 1. The molecule has 0 unspecified atom stereocenters. The predicted octanol–water partition coefficient (Wildman–Crippen LogP) is 3.01. The molecule has 6 heteroatoms. The number of Topliss-reactive ketones (excluding diaryl/α,β-unsaturated/α-hetero) is 1. The molecule has 2 rings (SSSR count). The van der Waals surface area contributed by atoms with Crippen LogP contribution in [0.15, 0.2) is 47.6 Å². The summed E-state index contributed by atoms with van der Waals surface area (Å²) in [6.45, 7) is 1.43. The average Bonchev–Trinajstić information content (AvgIpc) is 2.49. The maximum atomic E-state index is 11.8. The van der Waals surface area contributed by atoms with Crippen LogP contribution in [0.25, 0.3) is 0 Å². The number of ketones is 1. The van der Waals surface area contributed by atoms with Gasteiger partial charge in [0.05, 0.1) is 6.21 Å². The molecular formula is C16H13ClN2O3. The first-order valence-electron chi connectivity index (χ1n) is 6.40. The number of hydrazone groups is 1. The molecule has 0 saturated heterocycles. The molecule has 0 aliphatic heterocycles. The first kappa shape index (κ1) is 15.7. The Kier molecular flexibility index (Phi) is 4.91. The maximum absolute atomic E-state index is 11.8. The van der Waals surface area contributed by atoms with Crippen LogP contribution in [-0.4, -0.2) is 23.0 Å². The van der Waals surface area contributed by atoms with Gasteiger partial charge in [0.1, 0.15) is 5.75 Å². The lowest BCUT2D eigenvalue weighted by Crippen LogP contribution is -2.17. The lowest BCUT2D eigenvalue weighted by Gasteiger charge is -2.02. The molecule has 0 atom stereocenters. The minimum absolute atomic E-state index is 0.0329. The zero-order valence-corrected chi connectivity index (χ0v) is 12.5. The number of carbonyl (C=O) groups is 2. The molecule has 2 aromatic carbocycles. The van der Waals surface area contributed by atoms with E-state index in [2.05, 4.69) is 10.5 Å². The lowest BCUT2D eigenvalue weighted by atomic mass is 10.1. The van der Waals surface area contributed by atoms with Crippen molar-refractivity contribution in [3.05, 3.63) is 64.2 Å². The minimum atomic E-state index is -0.407. The van der Waals surface area contributed by atoms with Crippen molar-refractivity contribution in [3.8, 4) is 5.75 Å². The van der Waals surface area contributed by atoms with Crippen LogP contribution in [0.2, 0.25) is 5.02 Å². The van der Waals surface area contributed by atoms with Crippen molar-refractivity contribution < 1.29 is 14.7 Å². The second-order valence-electron chi connectivity index (χ2n) is 4.54. The van der Waals surface area contributed by atoms with E-state index in [1.165, 1.54) is 31.3 Å². The monoisotopic (exact) mass is 316 g/mol. The molecule has 0 heterocycles. The number of rotatable bonds is 4. The van der Waals surface area contributed by atoms with E-state index < -0.39 is 5.91 Å². The van der Waals surface area contributed by atoms with E-state index in [0.29, 0.717) is 21.7 Å². The molecule has 5 nitrogen and oxygen atoms in total. The number of benzene rings is 2. The third-order valence-corrected chi connectivity index (χ3v) is 3.16. The number of amides is 1. The summed E-state index contributed by atoms with van der Waals surface area (Å²) < 4.78 is 0. The summed E-state index contributed by atoms with van der Waals surface area (Å²) in [6.07, 6.45) is 1.27. The molecule has 0 aliphatic carbocycles. The van der Waals surface area contributed by atoms with Gasteiger partial charge in [-0.3, -0.25) is 9.59 Å². The van der Waals surface area contributed by atoms with E-state index in [-0.39, 0.29) is 11.5 Å². The van der Waals surface area contributed by atoms with Crippen LogP contribution in [0.5, 0.6) is 5.75 Å². The van der Waals surface area contributed by atoms with E-state index in [1.54, 1.807) is 24.3 Å². The van der Waals surface area contributed by atoms with Crippen LogP contribution in [-0.2, 0) is 0 Å². The number of hydrogen-bond donors (Lipinski definition) is 2. The smallest absolute Gasteiger partial charge is 0.271 e. The van der Waals surface area contributed by atoms with Crippen LogP contribution in [0.3, 0.4) is 0 Å². The van der Waals surface area contributed by atoms with Gasteiger partial charge in [0.25, 0.3) is 5.91 Å². The molecule has 0 fully saturated rings. The second-order valence-corrected chi connectivity index (χ2v) is 4.97. The lowest BCUT2D eigenvalue weighted by molar-refractivity contribution is 0.0954. The van der Waals surface area contributed by atoms with E-state index in [1.807, 2.05) is 0 Å². The summed E-state index contributed by atoms with van der Waals surface area (Å²) in [5.74, 6) is -0.565. The summed E-state index contributed by atoms with van der Waals surface area (Å²) in [4.78, 5) is 23.1. The first-order chi connectivity index (χ1) is 10.5. The van der Waals surface area contributed by atoms with Crippen molar-refractivity contribution in [1.29, 1.82) is 0 Å². The number of aromatic hydroxyl groups is 1. The average molecular weight is 317 g/mol.